The molecule has 0 aliphatic carbocycles. The standard InChI is InChI=1S/C11H7Cl2F3N2O2S/c1-21(19,20)7-4-17-18(5-7)10-8(12)2-6(3-9(10)13)11(14,15)16/h2-5H,1H3. The van der Waals surface area contributed by atoms with Crippen LogP contribution in [0.25, 0.3) is 5.69 Å². The van der Waals surface area contributed by atoms with Crippen molar-refractivity contribution in [2.24, 2.45) is 0 Å². The van der Waals surface area contributed by atoms with Crippen molar-refractivity contribution in [2.45, 2.75) is 11.1 Å². The SMILES string of the molecule is CS(=O)(=O)c1cnn(-c2c(Cl)cc(C(F)(F)F)cc2Cl)c1. The van der Waals surface area contributed by atoms with Gasteiger partial charge in [0.1, 0.15) is 10.6 Å². The maximum absolute atomic E-state index is 12.6. The van der Waals surface area contributed by atoms with E-state index in [1.807, 2.05) is 0 Å². The van der Waals surface area contributed by atoms with Crippen LogP contribution in [-0.4, -0.2) is 24.5 Å². The summed E-state index contributed by atoms with van der Waals surface area (Å²) < 4.78 is 61.6. The number of rotatable bonds is 2. The predicted octanol–water partition coefficient (Wildman–Crippen LogP) is 3.60. The molecule has 0 spiro atoms. The molecule has 1 heterocycles. The van der Waals surface area contributed by atoms with Crippen LogP contribution in [0.5, 0.6) is 0 Å². The number of aromatic nitrogens is 2. The van der Waals surface area contributed by atoms with E-state index in [1.54, 1.807) is 0 Å². The molecule has 0 aliphatic heterocycles. The summed E-state index contributed by atoms with van der Waals surface area (Å²) in [5, 5.41) is 3.17. The smallest absolute Gasteiger partial charge is 0.237 e. The van der Waals surface area contributed by atoms with Crippen molar-refractivity contribution < 1.29 is 21.6 Å². The molecule has 0 amide bonds. The van der Waals surface area contributed by atoms with Crippen LogP contribution in [0.1, 0.15) is 5.56 Å². The summed E-state index contributed by atoms with van der Waals surface area (Å²) in [6.45, 7) is 0. The first-order chi connectivity index (χ1) is 9.50. The van der Waals surface area contributed by atoms with Crippen LogP contribution < -0.4 is 0 Å². The van der Waals surface area contributed by atoms with E-state index in [1.165, 1.54) is 0 Å². The summed E-state index contributed by atoms with van der Waals surface area (Å²) in [6, 6.07) is 1.40. The minimum atomic E-state index is -4.59. The van der Waals surface area contributed by atoms with Gasteiger partial charge in [0.15, 0.2) is 9.84 Å². The van der Waals surface area contributed by atoms with Gasteiger partial charge in [-0.1, -0.05) is 23.2 Å². The Morgan fingerprint density at radius 3 is 2.10 bits per heavy atom. The van der Waals surface area contributed by atoms with Crippen molar-refractivity contribution in [3.05, 3.63) is 40.1 Å². The largest absolute Gasteiger partial charge is 0.416 e. The van der Waals surface area contributed by atoms with Crippen LogP contribution in [0, 0.1) is 0 Å². The molecule has 1 aromatic heterocycles. The molecule has 2 rings (SSSR count). The zero-order valence-corrected chi connectivity index (χ0v) is 12.6. The van der Waals surface area contributed by atoms with E-state index in [0.717, 1.165) is 23.3 Å². The minimum absolute atomic E-state index is 0.0266. The minimum Gasteiger partial charge on any atom is -0.237 e. The highest BCUT2D eigenvalue weighted by Crippen LogP contribution is 2.37. The fraction of sp³-hybridized carbons (Fsp3) is 0.182. The van der Waals surface area contributed by atoms with Gasteiger partial charge >= 0.3 is 6.18 Å². The van der Waals surface area contributed by atoms with Crippen LogP contribution in [0.3, 0.4) is 0 Å². The second-order valence-corrected chi connectivity index (χ2v) is 7.01. The molecule has 0 radical (unpaired) electrons. The lowest BCUT2D eigenvalue weighted by Gasteiger charge is -2.12. The molecule has 0 bridgehead atoms. The zero-order valence-electron chi connectivity index (χ0n) is 10.3. The van der Waals surface area contributed by atoms with Crippen molar-refractivity contribution >= 4 is 33.0 Å². The topological polar surface area (TPSA) is 52.0 Å². The van der Waals surface area contributed by atoms with Crippen molar-refractivity contribution in [3.8, 4) is 5.69 Å². The number of hydrogen-bond acceptors (Lipinski definition) is 3. The highest BCUT2D eigenvalue weighted by atomic mass is 35.5. The first-order valence-corrected chi connectivity index (χ1v) is 7.96. The van der Waals surface area contributed by atoms with Crippen molar-refractivity contribution in [3.63, 3.8) is 0 Å². The second-order valence-electron chi connectivity index (χ2n) is 4.18. The van der Waals surface area contributed by atoms with Gasteiger partial charge in [0.05, 0.1) is 21.8 Å². The van der Waals surface area contributed by atoms with E-state index < -0.39 is 21.6 Å². The number of alkyl halides is 3. The highest BCUT2D eigenvalue weighted by molar-refractivity contribution is 7.90. The number of halogens is 5. The van der Waals surface area contributed by atoms with Gasteiger partial charge in [0, 0.05) is 12.5 Å². The van der Waals surface area contributed by atoms with E-state index in [9.17, 15) is 21.6 Å². The Morgan fingerprint density at radius 2 is 1.71 bits per heavy atom. The normalized spacial score (nSPS) is 12.7. The molecule has 10 heteroatoms. The van der Waals surface area contributed by atoms with Gasteiger partial charge in [-0.2, -0.15) is 18.3 Å². The van der Waals surface area contributed by atoms with Gasteiger partial charge in [-0.3, -0.25) is 0 Å². The van der Waals surface area contributed by atoms with Crippen LogP contribution >= 0.6 is 23.2 Å². The molecule has 2 aromatic rings. The summed E-state index contributed by atoms with van der Waals surface area (Å²) in [5.41, 5.74) is -1.03. The molecule has 0 fully saturated rings. The molecule has 114 valence electrons. The second kappa shape index (κ2) is 5.19. The Morgan fingerprint density at radius 1 is 1.19 bits per heavy atom. The van der Waals surface area contributed by atoms with Gasteiger partial charge in [0.25, 0.3) is 0 Å². The van der Waals surface area contributed by atoms with Crippen molar-refractivity contribution in [1.82, 2.24) is 9.78 Å². The van der Waals surface area contributed by atoms with Crippen LogP contribution in [0.2, 0.25) is 10.0 Å². The number of sulfone groups is 1. The molecule has 0 atom stereocenters. The van der Waals surface area contributed by atoms with E-state index >= 15 is 0 Å². The molecular weight excluding hydrogens is 352 g/mol. The molecule has 0 N–H and O–H groups in total. The third-order valence-electron chi connectivity index (χ3n) is 2.56. The average molecular weight is 359 g/mol. The predicted molar refractivity (Wildman–Crippen MR) is 71.7 cm³/mol. The van der Waals surface area contributed by atoms with Crippen LogP contribution in [0.4, 0.5) is 13.2 Å². The van der Waals surface area contributed by atoms with Crippen LogP contribution in [-0.2, 0) is 16.0 Å². The van der Waals surface area contributed by atoms with E-state index in [-0.39, 0.29) is 20.6 Å². The zero-order chi connectivity index (χ0) is 16.0. The average Bonchev–Trinajstić information content (AvgIpc) is 2.75. The molecule has 0 saturated heterocycles. The molecule has 4 nitrogen and oxygen atoms in total. The van der Waals surface area contributed by atoms with Gasteiger partial charge in [-0.15, -0.1) is 0 Å². The van der Waals surface area contributed by atoms with Gasteiger partial charge in [-0.05, 0) is 12.1 Å². The molecular formula is C11H7Cl2F3N2O2S. The molecule has 0 unspecified atom stereocenters. The lowest BCUT2D eigenvalue weighted by atomic mass is 10.2. The summed E-state index contributed by atoms with van der Waals surface area (Å²) in [6.07, 6.45) is -1.44. The third-order valence-corrected chi connectivity index (χ3v) is 4.20. The highest BCUT2D eigenvalue weighted by Gasteiger charge is 2.32. The lowest BCUT2D eigenvalue weighted by Crippen LogP contribution is -2.07. The monoisotopic (exact) mass is 358 g/mol. The van der Waals surface area contributed by atoms with Crippen molar-refractivity contribution in [2.75, 3.05) is 6.26 Å². The summed E-state index contributed by atoms with van der Waals surface area (Å²) in [4.78, 5) is -0.102. The molecule has 21 heavy (non-hydrogen) atoms. The molecule has 1 aromatic carbocycles. The Labute approximate surface area is 128 Å². The first kappa shape index (κ1) is 16.1. The van der Waals surface area contributed by atoms with Gasteiger partial charge in [-0.25, -0.2) is 13.1 Å². The van der Waals surface area contributed by atoms with Crippen LogP contribution in [0.15, 0.2) is 29.4 Å². The maximum atomic E-state index is 12.6. The van der Waals surface area contributed by atoms with Gasteiger partial charge in [0.2, 0.25) is 0 Å². The quantitative estimate of drug-likeness (QED) is 0.823. The van der Waals surface area contributed by atoms with E-state index in [0.29, 0.717) is 12.1 Å². The first-order valence-electron chi connectivity index (χ1n) is 5.31. The summed E-state index contributed by atoms with van der Waals surface area (Å²) in [5.74, 6) is 0. The maximum Gasteiger partial charge on any atom is 0.416 e. The Hall–Kier alpha value is -1.25. The summed E-state index contributed by atoms with van der Waals surface area (Å²) in [7, 11) is -3.50. The van der Waals surface area contributed by atoms with E-state index in [4.69, 9.17) is 23.2 Å². The Bertz CT molecular complexity index is 777. The Kier molecular flexibility index (Phi) is 3.98. The number of hydrogen-bond donors (Lipinski definition) is 0. The fourth-order valence-corrected chi connectivity index (χ4v) is 2.76. The Balaban J connectivity index is 2.58. The molecule has 0 saturated carbocycles. The van der Waals surface area contributed by atoms with Gasteiger partial charge < -0.3 is 0 Å². The fourth-order valence-electron chi connectivity index (χ4n) is 1.57. The summed E-state index contributed by atoms with van der Waals surface area (Å²) >= 11 is 11.6. The van der Waals surface area contributed by atoms with E-state index in [2.05, 4.69) is 5.10 Å². The number of benzene rings is 1. The molecule has 0 aliphatic rings. The van der Waals surface area contributed by atoms with Crippen molar-refractivity contribution in [1.29, 1.82) is 0 Å². The lowest BCUT2D eigenvalue weighted by molar-refractivity contribution is -0.137. The number of nitrogens with zero attached hydrogens (tertiary/aromatic N) is 2. The third kappa shape index (κ3) is 3.33.